The zero-order valence-corrected chi connectivity index (χ0v) is 11.5. The second-order valence-corrected chi connectivity index (χ2v) is 4.98. The normalized spacial score (nSPS) is 15.7. The van der Waals surface area contributed by atoms with Crippen LogP contribution in [0.2, 0.25) is 0 Å². The Kier molecular flexibility index (Phi) is 4.37. The number of hydrogen-bond acceptors (Lipinski definition) is 5. The molecule has 0 aromatic heterocycles. The summed E-state index contributed by atoms with van der Waals surface area (Å²) in [4.78, 5) is 23.0. The summed E-state index contributed by atoms with van der Waals surface area (Å²) in [7, 11) is 1.66. The molecular weight excluding hydrogens is 281 g/mol. The molecule has 2 rings (SSSR count). The van der Waals surface area contributed by atoms with E-state index in [0.717, 1.165) is 38.1 Å². The van der Waals surface area contributed by atoms with Gasteiger partial charge < -0.3 is 15.3 Å². The summed E-state index contributed by atoms with van der Waals surface area (Å²) < 4.78 is 13.8. The number of carboxylic acid groups (broad SMARTS) is 1. The molecule has 1 aliphatic rings. The first-order valence-corrected chi connectivity index (χ1v) is 6.56. The third kappa shape index (κ3) is 3.10. The van der Waals surface area contributed by atoms with Crippen molar-refractivity contribution >= 4 is 17.3 Å². The predicted octanol–water partition coefficient (Wildman–Crippen LogP) is 1.62. The number of carboxylic acids is 1. The maximum absolute atomic E-state index is 13.8. The fraction of sp³-hybridized carbons (Fsp3) is 0.462. The second kappa shape index (κ2) is 6.04. The predicted molar refractivity (Wildman–Crippen MR) is 74.3 cm³/mol. The van der Waals surface area contributed by atoms with E-state index in [1.165, 1.54) is 0 Å². The lowest BCUT2D eigenvalue weighted by atomic mass is 10.0. The molecule has 2 N–H and O–H groups in total. The Labute approximate surface area is 120 Å². The molecule has 0 amide bonds. The van der Waals surface area contributed by atoms with Gasteiger partial charge >= 0.3 is 5.97 Å². The SMILES string of the molecule is CN(c1cc(F)c(C(=O)O)cc1[N+](=O)[O-])C1CCNCC1. The van der Waals surface area contributed by atoms with Gasteiger partial charge in [-0.1, -0.05) is 0 Å². The number of nitrogens with one attached hydrogen (secondary N) is 1. The van der Waals surface area contributed by atoms with Crippen LogP contribution in [0.3, 0.4) is 0 Å². The lowest BCUT2D eigenvalue weighted by molar-refractivity contribution is -0.384. The van der Waals surface area contributed by atoms with E-state index in [2.05, 4.69) is 5.32 Å². The molecule has 0 radical (unpaired) electrons. The summed E-state index contributed by atoms with van der Waals surface area (Å²) in [6.07, 6.45) is 1.58. The monoisotopic (exact) mass is 297 g/mol. The van der Waals surface area contributed by atoms with E-state index in [4.69, 9.17) is 5.11 Å². The molecule has 1 saturated heterocycles. The van der Waals surface area contributed by atoms with Gasteiger partial charge in [0.05, 0.1) is 4.92 Å². The summed E-state index contributed by atoms with van der Waals surface area (Å²) in [6, 6.07) is 1.77. The van der Waals surface area contributed by atoms with Crippen LogP contribution >= 0.6 is 0 Å². The smallest absolute Gasteiger partial charge is 0.338 e. The number of anilines is 1. The third-order valence-electron chi connectivity index (χ3n) is 3.73. The van der Waals surface area contributed by atoms with Crippen molar-refractivity contribution in [2.24, 2.45) is 0 Å². The summed E-state index contributed by atoms with van der Waals surface area (Å²) in [6.45, 7) is 1.58. The number of aromatic carboxylic acids is 1. The van der Waals surface area contributed by atoms with Gasteiger partial charge in [-0.25, -0.2) is 9.18 Å². The molecule has 0 spiro atoms. The molecule has 0 aliphatic carbocycles. The van der Waals surface area contributed by atoms with E-state index in [1.807, 2.05) is 0 Å². The summed E-state index contributed by atoms with van der Waals surface area (Å²) in [5.41, 5.74) is -0.978. The van der Waals surface area contributed by atoms with E-state index < -0.39 is 28.0 Å². The van der Waals surface area contributed by atoms with Crippen molar-refractivity contribution in [3.05, 3.63) is 33.6 Å². The first kappa shape index (κ1) is 15.2. The first-order valence-electron chi connectivity index (χ1n) is 6.56. The van der Waals surface area contributed by atoms with Crippen molar-refractivity contribution in [2.45, 2.75) is 18.9 Å². The molecule has 1 fully saturated rings. The molecule has 7 nitrogen and oxygen atoms in total. The summed E-state index contributed by atoms with van der Waals surface area (Å²) in [5.74, 6) is -2.49. The number of nitrogens with zero attached hydrogens (tertiary/aromatic N) is 2. The highest BCUT2D eigenvalue weighted by Crippen LogP contribution is 2.33. The zero-order chi connectivity index (χ0) is 15.6. The maximum Gasteiger partial charge on any atom is 0.338 e. The Balaban J connectivity index is 2.43. The topological polar surface area (TPSA) is 95.7 Å². The van der Waals surface area contributed by atoms with Crippen molar-refractivity contribution in [3.8, 4) is 0 Å². The van der Waals surface area contributed by atoms with Crippen LogP contribution < -0.4 is 10.2 Å². The minimum Gasteiger partial charge on any atom is -0.478 e. The number of hydrogen-bond donors (Lipinski definition) is 2. The van der Waals surface area contributed by atoms with E-state index in [1.54, 1.807) is 11.9 Å². The van der Waals surface area contributed by atoms with Crippen LogP contribution in [-0.4, -0.2) is 42.2 Å². The minimum absolute atomic E-state index is 0.0556. The number of halogens is 1. The lowest BCUT2D eigenvalue weighted by Gasteiger charge is -2.33. The third-order valence-corrected chi connectivity index (χ3v) is 3.73. The molecule has 8 heteroatoms. The standard InChI is InChI=1S/C13H16FN3O4/c1-16(8-2-4-15-5-3-8)11-7-10(14)9(13(18)19)6-12(11)17(20)21/h6-8,15H,2-5H2,1H3,(H,18,19). The zero-order valence-electron chi connectivity index (χ0n) is 11.5. The molecule has 1 aromatic rings. The number of benzene rings is 1. The fourth-order valence-corrected chi connectivity index (χ4v) is 2.53. The molecule has 1 heterocycles. The maximum atomic E-state index is 13.8. The van der Waals surface area contributed by atoms with Crippen LogP contribution in [0.4, 0.5) is 15.8 Å². The number of piperidine rings is 1. The van der Waals surface area contributed by atoms with Crippen LogP contribution in [0.15, 0.2) is 12.1 Å². The molecule has 0 saturated carbocycles. The Bertz CT molecular complexity index is 573. The Morgan fingerprint density at radius 3 is 2.62 bits per heavy atom. The number of rotatable bonds is 4. The molecule has 21 heavy (non-hydrogen) atoms. The first-order chi connectivity index (χ1) is 9.91. The van der Waals surface area contributed by atoms with E-state index in [9.17, 15) is 19.3 Å². The molecule has 1 aromatic carbocycles. The van der Waals surface area contributed by atoms with E-state index in [0.29, 0.717) is 0 Å². The Morgan fingerprint density at radius 1 is 1.48 bits per heavy atom. The molecule has 114 valence electrons. The van der Waals surface area contributed by atoms with Crippen LogP contribution in [-0.2, 0) is 0 Å². The minimum atomic E-state index is -1.52. The van der Waals surface area contributed by atoms with Gasteiger partial charge in [0.1, 0.15) is 17.1 Å². The number of nitro benzene ring substituents is 1. The molecule has 0 unspecified atom stereocenters. The Hall–Kier alpha value is -2.22. The van der Waals surface area contributed by atoms with Crippen molar-refractivity contribution in [1.29, 1.82) is 0 Å². The molecular formula is C13H16FN3O4. The lowest BCUT2D eigenvalue weighted by Crippen LogP contribution is -2.41. The molecule has 0 bridgehead atoms. The fourth-order valence-electron chi connectivity index (χ4n) is 2.53. The summed E-state index contributed by atoms with van der Waals surface area (Å²) >= 11 is 0. The highest BCUT2D eigenvalue weighted by molar-refractivity contribution is 5.90. The molecule has 0 atom stereocenters. The van der Waals surface area contributed by atoms with E-state index in [-0.39, 0.29) is 11.7 Å². The van der Waals surface area contributed by atoms with Gasteiger partial charge in [-0.05, 0) is 25.9 Å². The van der Waals surface area contributed by atoms with Gasteiger partial charge in [0.25, 0.3) is 5.69 Å². The van der Waals surface area contributed by atoms with Crippen LogP contribution in [0.5, 0.6) is 0 Å². The van der Waals surface area contributed by atoms with Gasteiger partial charge in [0.2, 0.25) is 0 Å². The average Bonchev–Trinajstić information content (AvgIpc) is 2.46. The van der Waals surface area contributed by atoms with E-state index >= 15 is 0 Å². The quantitative estimate of drug-likeness (QED) is 0.647. The van der Waals surface area contributed by atoms with Crippen molar-refractivity contribution in [2.75, 3.05) is 25.0 Å². The van der Waals surface area contributed by atoms with Crippen molar-refractivity contribution in [3.63, 3.8) is 0 Å². The van der Waals surface area contributed by atoms with Crippen molar-refractivity contribution < 1.29 is 19.2 Å². The summed E-state index contributed by atoms with van der Waals surface area (Å²) in [5, 5.41) is 23.2. The average molecular weight is 297 g/mol. The van der Waals surface area contributed by atoms with Crippen molar-refractivity contribution in [1.82, 2.24) is 5.32 Å². The Morgan fingerprint density at radius 2 is 2.10 bits per heavy atom. The van der Waals surface area contributed by atoms with Crippen LogP contribution in [0.25, 0.3) is 0 Å². The second-order valence-electron chi connectivity index (χ2n) is 4.98. The molecule has 1 aliphatic heterocycles. The number of carbonyl (C=O) groups is 1. The van der Waals surface area contributed by atoms with Crippen LogP contribution in [0.1, 0.15) is 23.2 Å². The largest absolute Gasteiger partial charge is 0.478 e. The number of nitro groups is 1. The highest BCUT2D eigenvalue weighted by Gasteiger charge is 2.27. The van der Waals surface area contributed by atoms with Gasteiger partial charge in [0, 0.05) is 25.2 Å². The highest BCUT2D eigenvalue weighted by atomic mass is 19.1. The van der Waals surface area contributed by atoms with Gasteiger partial charge in [0.15, 0.2) is 0 Å². The van der Waals surface area contributed by atoms with Gasteiger partial charge in [-0.15, -0.1) is 0 Å². The van der Waals surface area contributed by atoms with Gasteiger partial charge in [-0.3, -0.25) is 10.1 Å². The van der Waals surface area contributed by atoms with Crippen LogP contribution in [0, 0.1) is 15.9 Å². The van der Waals surface area contributed by atoms with Gasteiger partial charge in [-0.2, -0.15) is 0 Å².